The van der Waals surface area contributed by atoms with Crippen molar-refractivity contribution in [2.24, 2.45) is 0 Å². The number of nitrogens with one attached hydrogen (secondary N) is 1. The molecule has 0 aromatic heterocycles. The number of rotatable bonds is 6. The first-order chi connectivity index (χ1) is 8.38. The Bertz CT molecular complexity index is 486. The maximum atomic E-state index is 12.2. The van der Waals surface area contributed by atoms with Gasteiger partial charge in [0.2, 0.25) is 10.0 Å². The summed E-state index contributed by atoms with van der Waals surface area (Å²) in [6.45, 7) is 1.82. The largest absolute Gasteiger partial charge is 0.398 e. The molecule has 1 rings (SSSR count). The molecule has 0 aliphatic carbocycles. The van der Waals surface area contributed by atoms with E-state index in [1.54, 1.807) is 17.8 Å². The third kappa shape index (κ3) is 4.05. The van der Waals surface area contributed by atoms with Crippen molar-refractivity contribution in [1.29, 1.82) is 0 Å². The Hall–Kier alpha value is -0.430. The summed E-state index contributed by atoms with van der Waals surface area (Å²) in [5.74, 6) is 0.891. The molecule has 102 valence electrons. The first-order valence-corrected chi connectivity index (χ1v) is 8.69. The van der Waals surface area contributed by atoms with Gasteiger partial charge in [-0.3, -0.25) is 0 Å². The fourth-order valence-electron chi connectivity index (χ4n) is 1.49. The fourth-order valence-corrected chi connectivity index (χ4v) is 4.03. The van der Waals surface area contributed by atoms with Crippen molar-refractivity contribution in [2.75, 3.05) is 17.7 Å². The van der Waals surface area contributed by atoms with Gasteiger partial charge >= 0.3 is 0 Å². The monoisotopic (exact) mass is 308 g/mol. The van der Waals surface area contributed by atoms with Crippen molar-refractivity contribution < 1.29 is 8.42 Å². The molecule has 3 N–H and O–H groups in total. The minimum Gasteiger partial charge on any atom is -0.398 e. The molecule has 4 nitrogen and oxygen atoms in total. The maximum Gasteiger partial charge on any atom is 0.244 e. The van der Waals surface area contributed by atoms with Gasteiger partial charge in [-0.1, -0.05) is 17.7 Å². The number of anilines is 1. The molecule has 1 unspecified atom stereocenters. The molecule has 0 fully saturated rings. The van der Waals surface area contributed by atoms with Crippen LogP contribution < -0.4 is 10.5 Å². The normalized spacial score (nSPS) is 13.5. The first kappa shape index (κ1) is 15.6. The Balaban J connectivity index is 2.93. The van der Waals surface area contributed by atoms with Gasteiger partial charge in [0.15, 0.2) is 0 Å². The summed E-state index contributed by atoms with van der Waals surface area (Å²) in [5, 5.41) is 0.138. The van der Waals surface area contributed by atoms with Crippen LogP contribution in [0, 0.1) is 0 Å². The molecular weight excluding hydrogens is 292 g/mol. The van der Waals surface area contributed by atoms with Crippen molar-refractivity contribution >= 4 is 39.1 Å². The summed E-state index contributed by atoms with van der Waals surface area (Å²) >= 11 is 7.57. The molecule has 18 heavy (non-hydrogen) atoms. The van der Waals surface area contributed by atoms with Crippen LogP contribution >= 0.6 is 23.4 Å². The number of halogens is 1. The van der Waals surface area contributed by atoms with Crippen LogP contribution in [-0.4, -0.2) is 26.5 Å². The van der Waals surface area contributed by atoms with Crippen LogP contribution in [0.3, 0.4) is 0 Å². The van der Waals surface area contributed by atoms with E-state index in [4.69, 9.17) is 17.3 Å². The van der Waals surface area contributed by atoms with Crippen LogP contribution in [0.4, 0.5) is 5.69 Å². The first-order valence-electron chi connectivity index (χ1n) is 5.43. The molecule has 1 aromatic carbocycles. The predicted octanol–water partition coefficient (Wildman–Crippen LogP) is 2.34. The number of hydrogen-bond acceptors (Lipinski definition) is 4. The number of sulfonamides is 1. The zero-order valence-corrected chi connectivity index (χ0v) is 12.7. The summed E-state index contributed by atoms with van der Waals surface area (Å²) in [7, 11) is -3.67. The molecule has 0 amide bonds. The second-order valence-electron chi connectivity index (χ2n) is 3.96. The number of nitrogen functional groups attached to an aromatic ring is 1. The number of thioether (sulfide) groups is 1. The quantitative estimate of drug-likeness (QED) is 0.791. The summed E-state index contributed by atoms with van der Waals surface area (Å²) in [6.07, 6.45) is 2.73. The highest BCUT2D eigenvalue weighted by molar-refractivity contribution is 7.98. The Morgan fingerprint density at radius 1 is 1.50 bits per heavy atom. The molecule has 1 atom stereocenters. The van der Waals surface area contributed by atoms with Crippen molar-refractivity contribution in [3.63, 3.8) is 0 Å². The van der Waals surface area contributed by atoms with Crippen molar-refractivity contribution in [3.8, 4) is 0 Å². The molecule has 0 aliphatic rings. The summed E-state index contributed by atoms with van der Waals surface area (Å²) in [4.78, 5) is -0.0392. The van der Waals surface area contributed by atoms with E-state index in [0.717, 1.165) is 12.2 Å². The van der Waals surface area contributed by atoms with E-state index in [1.807, 2.05) is 13.2 Å². The van der Waals surface area contributed by atoms with Crippen molar-refractivity contribution in [3.05, 3.63) is 23.2 Å². The summed E-state index contributed by atoms with van der Waals surface area (Å²) in [6, 6.07) is 4.50. The number of nitrogens with two attached hydrogens (primary N) is 1. The van der Waals surface area contributed by atoms with Crippen molar-refractivity contribution in [1.82, 2.24) is 4.72 Å². The lowest BCUT2D eigenvalue weighted by molar-refractivity contribution is 0.557. The van der Waals surface area contributed by atoms with Crippen molar-refractivity contribution in [2.45, 2.75) is 24.3 Å². The average Bonchev–Trinajstić information content (AvgIpc) is 2.25. The van der Waals surface area contributed by atoms with Gasteiger partial charge in [-0.2, -0.15) is 11.8 Å². The van der Waals surface area contributed by atoms with Crippen LogP contribution in [0.15, 0.2) is 23.1 Å². The minimum atomic E-state index is -3.67. The summed E-state index contributed by atoms with van der Waals surface area (Å²) < 4.78 is 26.9. The maximum absolute atomic E-state index is 12.2. The third-order valence-electron chi connectivity index (χ3n) is 2.38. The van der Waals surface area contributed by atoms with Crippen LogP contribution in [0.2, 0.25) is 5.02 Å². The zero-order valence-electron chi connectivity index (χ0n) is 10.3. The molecule has 0 spiro atoms. The third-order valence-corrected chi connectivity index (χ3v) is 5.15. The number of benzene rings is 1. The minimum absolute atomic E-state index is 0.0392. The van der Waals surface area contributed by atoms with E-state index in [1.165, 1.54) is 12.1 Å². The Kier molecular flexibility index (Phi) is 5.78. The van der Waals surface area contributed by atoms with E-state index in [2.05, 4.69) is 4.72 Å². The van der Waals surface area contributed by atoms with Gasteiger partial charge < -0.3 is 5.73 Å². The Labute approximate surface area is 117 Å². The van der Waals surface area contributed by atoms with E-state index in [-0.39, 0.29) is 21.6 Å². The molecule has 0 bridgehead atoms. The smallest absolute Gasteiger partial charge is 0.244 e. The lowest BCUT2D eigenvalue weighted by atomic mass is 10.3. The lowest BCUT2D eigenvalue weighted by Gasteiger charge is -2.15. The number of hydrogen-bond donors (Lipinski definition) is 2. The van der Waals surface area contributed by atoms with E-state index in [9.17, 15) is 8.42 Å². The highest BCUT2D eigenvalue weighted by Crippen LogP contribution is 2.27. The lowest BCUT2D eigenvalue weighted by Crippen LogP contribution is -2.33. The van der Waals surface area contributed by atoms with Gasteiger partial charge in [-0.05, 0) is 37.5 Å². The molecule has 0 saturated heterocycles. The van der Waals surface area contributed by atoms with Gasteiger partial charge in [0.05, 0.1) is 10.7 Å². The predicted molar refractivity (Wildman–Crippen MR) is 78.6 cm³/mol. The van der Waals surface area contributed by atoms with Gasteiger partial charge in [-0.25, -0.2) is 13.1 Å². The van der Waals surface area contributed by atoms with Crippen LogP contribution in [0.5, 0.6) is 0 Å². The van der Waals surface area contributed by atoms with E-state index in [0.29, 0.717) is 0 Å². The molecule has 7 heteroatoms. The zero-order chi connectivity index (χ0) is 13.8. The van der Waals surface area contributed by atoms with Crippen LogP contribution in [0.25, 0.3) is 0 Å². The molecule has 0 radical (unpaired) electrons. The molecule has 0 heterocycles. The molecule has 0 aliphatic heterocycles. The van der Waals surface area contributed by atoms with E-state index < -0.39 is 10.0 Å². The van der Waals surface area contributed by atoms with Gasteiger partial charge in [0.1, 0.15) is 4.90 Å². The van der Waals surface area contributed by atoms with Gasteiger partial charge in [0, 0.05) is 6.04 Å². The Morgan fingerprint density at radius 3 is 2.72 bits per heavy atom. The molecule has 0 saturated carbocycles. The highest BCUT2D eigenvalue weighted by atomic mass is 35.5. The van der Waals surface area contributed by atoms with Crippen LogP contribution in [-0.2, 0) is 10.0 Å². The second-order valence-corrected chi connectivity index (χ2v) is 7.01. The highest BCUT2D eigenvalue weighted by Gasteiger charge is 2.22. The molecular formula is C11H17ClN2O2S2. The van der Waals surface area contributed by atoms with Gasteiger partial charge in [0.25, 0.3) is 0 Å². The fraction of sp³-hybridized carbons (Fsp3) is 0.455. The average molecular weight is 309 g/mol. The van der Waals surface area contributed by atoms with Crippen LogP contribution in [0.1, 0.15) is 13.3 Å². The second kappa shape index (κ2) is 6.65. The van der Waals surface area contributed by atoms with E-state index >= 15 is 0 Å². The Morgan fingerprint density at radius 2 is 2.17 bits per heavy atom. The standard InChI is InChI=1S/C11H17ClN2O2S2/c1-8(6-7-17-2)14-18(15,16)11-9(12)4-3-5-10(11)13/h3-5,8,14H,6-7,13H2,1-2H3. The molecule has 1 aromatic rings. The topological polar surface area (TPSA) is 72.2 Å². The van der Waals surface area contributed by atoms with Gasteiger partial charge in [-0.15, -0.1) is 0 Å². The summed E-state index contributed by atoms with van der Waals surface area (Å²) in [5.41, 5.74) is 5.83. The SMILES string of the molecule is CSCCC(C)NS(=O)(=O)c1c(N)cccc1Cl.